The van der Waals surface area contributed by atoms with E-state index in [2.05, 4.69) is 37.1 Å². The second kappa shape index (κ2) is 8.31. The van der Waals surface area contributed by atoms with E-state index in [1.54, 1.807) is 0 Å². The van der Waals surface area contributed by atoms with Crippen LogP contribution in [0.15, 0.2) is 0 Å². The molecule has 22 heavy (non-hydrogen) atoms. The van der Waals surface area contributed by atoms with Crippen molar-refractivity contribution in [3.05, 3.63) is 0 Å². The van der Waals surface area contributed by atoms with E-state index in [1.165, 1.54) is 51.5 Å². The molecule has 0 aromatic carbocycles. The molecule has 2 atom stereocenters. The summed E-state index contributed by atoms with van der Waals surface area (Å²) in [7, 11) is 0. The second-order valence-corrected chi connectivity index (χ2v) is 8.83. The third-order valence-electron chi connectivity index (χ3n) is 5.23. The van der Waals surface area contributed by atoms with E-state index >= 15 is 0 Å². The SMILES string of the molecule is CC(C)(C)CC1CC(NCC2CCCCC2)CN(CC#N)C1. The van der Waals surface area contributed by atoms with Crippen LogP contribution in [-0.4, -0.2) is 37.1 Å². The fraction of sp³-hybridized carbons (Fsp3) is 0.947. The van der Waals surface area contributed by atoms with Gasteiger partial charge in [-0.25, -0.2) is 0 Å². The average molecular weight is 306 g/mol. The van der Waals surface area contributed by atoms with Crippen molar-refractivity contribution in [1.29, 1.82) is 5.26 Å². The van der Waals surface area contributed by atoms with Gasteiger partial charge in [0, 0.05) is 19.1 Å². The molecule has 1 N–H and O–H groups in total. The molecule has 2 unspecified atom stereocenters. The molecule has 3 heteroatoms. The molecule has 2 rings (SSSR count). The minimum Gasteiger partial charge on any atom is -0.312 e. The standard InChI is InChI=1S/C19H35N3/c1-19(2,3)12-17-11-18(15-22(14-17)10-9-20)21-13-16-7-5-4-6-8-16/h16-18,21H,4-8,10-15H2,1-3H3. The molecule has 0 aromatic heterocycles. The molecule has 0 aromatic rings. The van der Waals surface area contributed by atoms with Crippen LogP contribution in [0.25, 0.3) is 0 Å². The van der Waals surface area contributed by atoms with Gasteiger partial charge in [-0.05, 0) is 49.5 Å². The quantitative estimate of drug-likeness (QED) is 0.785. The van der Waals surface area contributed by atoms with Gasteiger partial charge in [0.1, 0.15) is 0 Å². The summed E-state index contributed by atoms with van der Waals surface area (Å²) in [5.74, 6) is 1.62. The Morgan fingerprint density at radius 3 is 2.45 bits per heavy atom. The maximum absolute atomic E-state index is 9.05. The van der Waals surface area contributed by atoms with Gasteiger partial charge < -0.3 is 5.32 Å². The van der Waals surface area contributed by atoms with Gasteiger partial charge >= 0.3 is 0 Å². The minimum atomic E-state index is 0.383. The summed E-state index contributed by atoms with van der Waals surface area (Å²) in [5.41, 5.74) is 0.383. The maximum atomic E-state index is 9.05. The highest BCUT2D eigenvalue weighted by atomic mass is 15.2. The largest absolute Gasteiger partial charge is 0.312 e. The Morgan fingerprint density at radius 2 is 1.82 bits per heavy atom. The number of rotatable bonds is 5. The summed E-state index contributed by atoms with van der Waals surface area (Å²) in [6, 6.07) is 2.92. The van der Waals surface area contributed by atoms with Crippen LogP contribution in [0.4, 0.5) is 0 Å². The summed E-state index contributed by atoms with van der Waals surface area (Å²) in [6.07, 6.45) is 9.64. The fourth-order valence-electron chi connectivity index (χ4n) is 4.42. The lowest BCUT2D eigenvalue weighted by molar-refractivity contribution is 0.121. The zero-order chi connectivity index (χ0) is 16.0. The van der Waals surface area contributed by atoms with Crippen LogP contribution in [-0.2, 0) is 0 Å². The summed E-state index contributed by atoms with van der Waals surface area (Å²) >= 11 is 0. The molecule has 1 saturated heterocycles. The molecule has 3 nitrogen and oxygen atoms in total. The predicted molar refractivity (Wildman–Crippen MR) is 92.6 cm³/mol. The van der Waals surface area contributed by atoms with Crippen molar-refractivity contribution in [2.24, 2.45) is 17.3 Å². The van der Waals surface area contributed by atoms with Crippen molar-refractivity contribution < 1.29 is 0 Å². The highest BCUT2D eigenvalue weighted by Gasteiger charge is 2.30. The van der Waals surface area contributed by atoms with E-state index in [0.717, 1.165) is 24.9 Å². The van der Waals surface area contributed by atoms with Crippen molar-refractivity contribution in [3.8, 4) is 6.07 Å². The molecule has 1 aliphatic carbocycles. The van der Waals surface area contributed by atoms with Gasteiger partial charge in [-0.3, -0.25) is 4.90 Å². The van der Waals surface area contributed by atoms with Crippen LogP contribution in [0.1, 0.15) is 65.7 Å². The first-order valence-corrected chi connectivity index (χ1v) is 9.29. The molecule has 1 saturated carbocycles. The number of likely N-dealkylation sites (tertiary alicyclic amines) is 1. The molecule has 0 spiro atoms. The molecule has 0 bridgehead atoms. The predicted octanol–water partition coefficient (Wildman–Crippen LogP) is 3.81. The molecule has 2 fully saturated rings. The number of hydrogen-bond donors (Lipinski definition) is 1. The topological polar surface area (TPSA) is 39.1 Å². The third kappa shape index (κ3) is 6.26. The van der Waals surface area contributed by atoms with Crippen LogP contribution in [0.5, 0.6) is 0 Å². The van der Waals surface area contributed by atoms with Crippen LogP contribution >= 0.6 is 0 Å². The van der Waals surface area contributed by atoms with Crippen molar-refractivity contribution in [2.75, 3.05) is 26.2 Å². The summed E-state index contributed by atoms with van der Waals surface area (Å²) in [6.45, 7) is 10.9. The second-order valence-electron chi connectivity index (χ2n) is 8.83. The van der Waals surface area contributed by atoms with Gasteiger partial charge in [-0.2, -0.15) is 5.26 Å². The molecule has 1 heterocycles. The first-order chi connectivity index (χ1) is 10.5. The molecular weight excluding hydrogens is 270 g/mol. The Morgan fingerprint density at radius 1 is 1.09 bits per heavy atom. The van der Waals surface area contributed by atoms with E-state index in [0.29, 0.717) is 18.0 Å². The molecular formula is C19H35N3. The zero-order valence-corrected chi connectivity index (χ0v) is 14.9. The van der Waals surface area contributed by atoms with Crippen LogP contribution in [0.3, 0.4) is 0 Å². The van der Waals surface area contributed by atoms with Gasteiger partial charge in [-0.15, -0.1) is 0 Å². The monoisotopic (exact) mass is 305 g/mol. The molecule has 2 aliphatic rings. The van der Waals surface area contributed by atoms with E-state index < -0.39 is 0 Å². The third-order valence-corrected chi connectivity index (χ3v) is 5.23. The van der Waals surface area contributed by atoms with Crippen molar-refractivity contribution in [2.45, 2.75) is 71.8 Å². The van der Waals surface area contributed by atoms with Crippen molar-refractivity contribution in [3.63, 3.8) is 0 Å². The number of hydrogen-bond acceptors (Lipinski definition) is 3. The van der Waals surface area contributed by atoms with Crippen molar-refractivity contribution >= 4 is 0 Å². The first-order valence-electron chi connectivity index (χ1n) is 9.29. The van der Waals surface area contributed by atoms with Gasteiger partial charge in [0.2, 0.25) is 0 Å². The Bertz CT molecular complexity index is 360. The lowest BCUT2D eigenvalue weighted by Gasteiger charge is -2.40. The Kier molecular flexibility index (Phi) is 6.71. The first kappa shape index (κ1) is 17.8. The lowest BCUT2D eigenvalue weighted by Crippen LogP contribution is -2.50. The number of piperidine rings is 1. The van der Waals surface area contributed by atoms with Gasteiger partial charge in [0.05, 0.1) is 12.6 Å². The lowest BCUT2D eigenvalue weighted by atomic mass is 9.80. The average Bonchev–Trinajstić information content (AvgIpc) is 2.44. The maximum Gasteiger partial charge on any atom is 0.0866 e. The van der Waals surface area contributed by atoms with E-state index in [9.17, 15) is 0 Å². The highest BCUT2D eigenvalue weighted by Crippen LogP contribution is 2.30. The van der Waals surface area contributed by atoms with E-state index in [-0.39, 0.29) is 0 Å². The molecule has 126 valence electrons. The van der Waals surface area contributed by atoms with Crippen molar-refractivity contribution in [1.82, 2.24) is 10.2 Å². The highest BCUT2D eigenvalue weighted by molar-refractivity contribution is 4.89. The number of nitrogens with one attached hydrogen (secondary N) is 1. The molecule has 0 amide bonds. The molecule has 0 radical (unpaired) electrons. The van der Waals surface area contributed by atoms with Crippen LogP contribution < -0.4 is 5.32 Å². The minimum absolute atomic E-state index is 0.383. The van der Waals surface area contributed by atoms with Crippen LogP contribution in [0, 0.1) is 28.6 Å². The number of nitriles is 1. The summed E-state index contributed by atoms with van der Waals surface area (Å²) < 4.78 is 0. The van der Waals surface area contributed by atoms with Gasteiger partial charge in [-0.1, -0.05) is 40.0 Å². The van der Waals surface area contributed by atoms with Gasteiger partial charge in [0.25, 0.3) is 0 Å². The van der Waals surface area contributed by atoms with E-state index in [4.69, 9.17) is 5.26 Å². The van der Waals surface area contributed by atoms with E-state index in [1.807, 2.05) is 0 Å². The smallest absolute Gasteiger partial charge is 0.0866 e. The summed E-state index contributed by atoms with van der Waals surface area (Å²) in [5, 5.41) is 12.9. The Hall–Kier alpha value is -0.590. The van der Waals surface area contributed by atoms with Gasteiger partial charge in [0.15, 0.2) is 0 Å². The zero-order valence-electron chi connectivity index (χ0n) is 14.9. The Labute approximate surface area is 137 Å². The van der Waals surface area contributed by atoms with Crippen LogP contribution in [0.2, 0.25) is 0 Å². The molecule has 1 aliphatic heterocycles. The normalized spacial score (nSPS) is 28.5. The number of nitrogens with zero attached hydrogens (tertiary/aromatic N) is 2. The summed E-state index contributed by atoms with van der Waals surface area (Å²) in [4.78, 5) is 2.36. The fourth-order valence-corrected chi connectivity index (χ4v) is 4.42. The Balaban J connectivity index is 1.83.